The fourth-order valence-corrected chi connectivity index (χ4v) is 8.60. The second-order valence-electron chi connectivity index (χ2n) is 2.31. The molecule has 10 heavy (non-hydrogen) atoms. The summed E-state index contributed by atoms with van der Waals surface area (Å²) in [5.41, 5.74) is 0. The Bertz CT molecular complexity index is 172. The van der Waals surface area contributed by atoms with E-state index in [0.717, 1.165) is 0 Å². The normalized spacial score (nSPS) is 32.8. The lowest BCUT2D eigenvalue weighted by Crippen LogP contribution is -1.91. The molecular weight excluding hydrogens is 196 g/mol. The van der Waals surface area contributed by atoms with E-state index in [1.165, 1.54) is 41.8 Å². The standard InChI is InChI=1S/C6H10P4/c1-2-8-5(7-1)6-9-3-4-10-6/h7,9H,1-4H2. The van der Waals surface area contributed by atoms with Crippen LogP contribution in [0.15, 0.2) is 0 Å². The zero-order valence-electron chi connectivity index (χ0n) is 5.72. The SMILES string of the molecule is C1CPC(C2=PCCP2)=P1. The Morgan fingerprint density at radius 2 is 1.40 bits per heavy atom. The first-order valence-corrected chi connectivity index (χ1v) is 8.11. The van der Waals surface area contributed by atoms with Crippen molar-refractivity contribution in [2.75, 3.05) is 24.6 Å². The average Bonchev–Trinajstić information content (AvgIpc) is 2.59. The van der Waals surface area contributed by atoms with Gasteiger partial charge in [-0.15, -0.1) is 0 Å². The molecule has 2 unspecified atom stereocenters. The van der Waals surface area contributed by atoms with Crippen LogP contribution >= 0.6 is 33.6 Å². The van der Waals surface area contributed by atoms with Gasteiger partial charge < -0.3 is 0 Å². The van der Waals surface area contributed by atoms with Gasteiger partial charge in [-0.05, 0) is 24.6 Å². The molecule has 0 saturated heterocycles. The molecule has 2 atom stereocenters. The first kappa shape index (κ1) is 7.83. The summed E-state index contributed by atoms with van der Waals surface area (Å²) in [4.78, 5) is 0. The third-order valence-electron chi connectivity index (χ3n) is 1.57. The van der Waals surface area contributed by atoms with Crippen LogP contribution in [0.1, 0.15) is 0 Å². The summed E-state index contributed by atoms with van der Waals surface area (Å²) < 4.78 is 0. The topological polar surface area (TPSA) is 0 Å². The van der Waals surface area contributed by atoms with E-state index >= 15 is 0 Å². The molecule has 0 aromatic heterocycles. The fraction of sp³-hybridized carbons (Fsp3) is 0.667. The van der Waals surface area contributed by atoms with Crippen LogP contribution in [-0.4, -0.2) is 34.7 Å². The highest BCUT2D eigenvalue weighted by Gasteiger charge is 2.13. The predicted molar refractivity (Wildman–Crippen MR) is 60.0 cm³/mol. The summed E-state index contributed by atoms with van der Waals surface area (Å²) in [6.45, 7) is 0. The molecule has 0 aliphatic carbocycles. The predicted octanol–water partition coefficient (Wildman–Crippen LogP) is 2.52. The minimum absolute atomic E-state index is 1.20. The molecule has 0 aromatic carbocycles. The molecule has 4 heteroatoms. The van der Waals surface area contributed by atoms with Crippen LogP contribution in [0.2, 0.25) is 0 Å². The molecular formula is C6H10P4. The smallest absolute Gasteiger partial charge is 0.00743 e. The van der Waals surface area contributed by atoms with E-state index in [2.05, 4.69) is 0 Å². The molecule has 0 spiro atoms. The monoisotopic (exact) mass is 206 g/mol. The van der Waals surface area contributed by atoms with Gasteiger partial charge in [0, 0.05) is 10.1 Å². The van der Waals surface area contributed by atoms with Crippen molar-refractivity contribution in [3.63, 3.8) is 0 Å². The van der Waals surface area contributed by atoms with E-state index in [4.69, 9.17) is 0 Å². The summed E-state index contributed by atoms with van der Waals surface area (Å²) in [5, 5.41) is 3.69. The fourth-order valence-electron chi connectivity index (χ4n) is 1.11. The van der Waals surface area contributed by atoms with Gasteiger partial charge in [-0.25, -0.2) is 0 Å². The van der Waals surface area contributed by atoms with Gasteiger partial charge in [0.15, 0.2) is 0 Å². The highest BCUT2D eigenvalue weighted by molar-refractivity contribution is 7.94. The zero-order valence-corrected chi connectivity index (χ0v) is 9.51. The summed E-state index contributed by atoms with van der Waals surface area (Å²) in [6, 6.07) is 0. The van der Waals surface area contributed by atoms with Gasteiger partial charge in [-0.3, -0.25) is 0 Å². The van der Waals surface area contributed by atoms with Gasteiger partial charge in [-0.2, -0.15) is 0 Å². The highest BCUT2D eigenvalue weighted by Crippen LogP contribution is 2.39. The lowest BCUT2D eigenvalue weighted by molar-refractivity contribution is 1.57. The van der Waals surface area contributed by atoms with Gasteiger partial charge >= 0.3 is 0 Å². The van der Waals surface area contributed by atoms with E-state index in [1.54, 1.807) is 16.4 Å². The Kier molecular flexibility index (Phi) is 2.93. The van der Waals surface area contributed by atoms with Gasteiger partial charge in [0.2, 0.25) is 0 Å². The van der Waals surface area contributed by atoms with Crippen molar-refractivity contribution in [3.05, 3.63) is 0 Å². The zero-order chi connectivity index (χ0) is 6.81. The lowest BCUT2D eigenvalue weighted by atomic mass is 10.9. The molecule has 2 aliphatic heterocycles. The van der Waals surface area contributed by atoms with Gasteiger partial charge in [0.1, 0.15) is 0 Å². The number of rotatable bonds is 1. The Balaban J connectivity index is 2.10. The molecule has 0 bridgehead atoms. The minimum atomic E-state index is 1.20. The second-order valence-corrected chi connectivity index (χ2v) is 8.28. The minimum Gasteiger partial charge on any atom is -0.0950 e. The molecule has 0 aromatic rings. The van der Waals surface area contributed by atoms with Crippen LogP contribution in [0.5, 0.6) is 0 Å². The van der Waals surface area contributed by atoms with Crippen LogP contribution in [0.25, 0.3) is 0 Å². The van der Waals surface area contributed by atoms with Crippen molar-refractivity contribution < 1.29 is 0 Å². The Hall–Kier alpha value is 1.20. The highest BCUT2D eigenvalue weighted by atomic mass is 31.1. The first-order chi connectivity index (χ1) is 4.97. The molecule has 54 valence electrons. The Labute approximate surface area is 68.7 Å². The summed E-state index contributed by atoms with van der Waals surface area (Å²) >= 11 is 0. The quantitative estimate of drug-likeness (QED) is 0.578. The second kappa shape index (κ2) is 3.74. The van der Waals surface area contributed by atoms with Crippen LogP contribution in [0.3, 0.4) is 0 Å². The molecule has 0 radical (unpaired) electrons. The van der Waals surface area contributed by atoms with E-state index in [1.807, 2.05) is 10.1 Å². The third kappa shape index (κ3) is 1.68. The molecule has 0 N–H and O–H groups in total. The van der Waals surface area contributed by atoms with Gasteiger partial charge in [0.05, 0.1) is 0 Å². The van der Waals surface area contributed by atoms with E-state index in [-0.39, 0.29) is 0 Å². The number of hydrogen-bond acceptors (Lipinski definition) is 0. The maximum Gasteiger partial charge on any atom is 0.00743 e. The third-order valence-corrected chi connectivity index (χ3v) is 9.30. The summed E-state index contributed by atoms with van der Waals surface area (Å²) in [5.74, 6) is 0. The molecule has 0 nitrogen and oxygen atoms in total. The largest absolute Gasteiger partial charge is 0.0950 e. The van der Waals surface area contributed by atoms with Crippen LogP contribution in [0.4, 0.5) is 0 Å². The number of hydrogen-bond donors (Lipinski definition) is 0. The van der Waals surface area contributed by atoms with Crippen molar-refractivity contribution in [1.29, 1.82) is 0 Å². The first-order valence-electron chi connectivity index (χ1n) is 3.54. The molecule has 2 heterocycles. The molecule has 2 rings (SSSR count). The van der Waals surface area contributed by atoms with Crippen molar-refractivity contribution in [3.8, 4) is 0 Å². The van der Waals surface area contributed by atoms with Gasteiger partial charge in [0.25, 0.3) is 0 Å². The lowest BCUT2D eigenvalue weighted by Gasteiger charge is -1.98. The van der Waals surface area contributed by atoms with E-state index < -0.39 is 0 Å². The van der Waals surface area contributed by atoms with Crippen LogP contribution < -0.4 is 0 Å². The molecule has 0 amide bonds. The maximum atomic E-state index is 1.84. The van der Waals surface area contributed by atoms with E-state index in [0.29, 0.717) is 0 Å². The van der Waals surface area contributed by atoms with Crippen LogP contribution in [-0.2, 0) is 0 Å². The van der Waals surface area contributed by atoms with Crippen molar-refractivity contribution in [2.45, 2.75) is 0 Å². The average molecular weight is 206 g/mol. The van der Waals surface area contributed by atoms with Crippen molar-refractivity contribution >= 4 is 43.6 Å². The molecule has 2 aliphatic rings. The van der Waals surface area contributed by atoms with E-state index in [9.17, 15) is 0 Å². The molecule has 0 saturated carbocycles. The Morgan fingerprint density at radius 1 is 0.900 bits per heavy atom. The Morgan fingerprint density at radius 3 is 1.70 bits per heavy atom. The summed E-state index contributed by atoms with van der Waals surface area (Å²) in [7, 11) is 5.76. The van der Waals surface area contributed by atoms with Gasteiger partial charge in [-0.1, -0.05) is 33.6 Å². The van der Waals surface area contributed by atoms with Crippen molar-refractivity contribution in [1.82, 2.24) is 0 Å². The maximum absolute atomic E-state index is 1.84. The summed E-state index contributed by atoms with van der Waals surface area (Å²) in [6.07, 6.45) is 5.88. The molecule has 0 fully saturated rings. The van der Waals surface area contributed by atoms with Crippen LogP contribution in [0, 0.1) is 0 Å². The van der Waals surface area contributed by atoms with Crippen molar-refractivity contribution in [2.24, 2.45) is 0 Å².